The lowest BCUT2D eigenvalue weighted by Gasteiger charge is -2.02. The van der Waals surface area contributed by atoms with Gasteiger partial charge in [0.25, 0.3) is 0 Å². The number of carbonyl (C=O) groups is 1. The van der Waals surface area contributed by atoms with E-state index in [4.69, 9.17) is 4.52 Å². The molecule has 0 aliphatic carbocycles. The molecule has 0 unspecified atom stereocenters. The number of methoxy groups -OCH3 is 1. The third kappa shape index (κ3) is 2.56. The molecule has 0 bridgehead atoms. The molecule has 0 fully saturated rings. The molecule has 0 saturated carbocycles. The molecule has 1 aromatic rings. The first-order valence-corrected chi connectivity index (χ1v) is 4.34. The molecule has 5 heteroatoms. The maximum absolute atomic E-state index is 10.8. The lowest BCUT2D eigenvalue weighted by molar-refractivity contribution is -0.139. The highest BCUT2D eigenvalue weighted by Gasteiger charge is 2.08. The second kappa shape index (κ2) is 4.76. The van der Waals surface area contributed by atoms with Gasteiger partial charge in [-0.1, -0.05) is 5.16 Å². The van der Waals surface area contributed by atoms with Crippen molar-refractivity contribution in [2.45, 2.75) is 20.4 Å². The van der Waals surface area contributed by atoms with Crippen LogP contribution in [0, 0.1) is 13.8 Å². The summed E-state index contributed by atoms with van der Waals surface area (Å²) in [6, 6.07) is 0. The lowest BCUT2D eigenvalue weighted by Crippen LogP contribution is -2.23. The summed E-state index contributed by atoms with van der Waals surface area (Å²) in [5.41, 5.74) is 1.84. The summed E-state index contributed by atoms with van der Waals surface area (Å²) in [5, 5.41) is 6.75. The van der Waals surface area contributed by atoms with Crippen molar-refractivity contribution >= 4 is 5.97 Å². The summed E-state index contributed by atoms with van der Waals surface area (Å²) in [7, 11) is 1.36. The van der Waals surface area contributed by atoms with Gasteiger partial charge in [-0.05, 0) is 13.8 Å². The van der Waals surface area contributed by atoms with Gasteiger partial charge in [-0.3, -0.25) is 4.79 Å². The molecule has 0 spiro atoms. The molecule has 1 heterocycles. The second-order valence-electron chi connectivity index (χ2n) is 2.98. The molecule has 0 amide bonds. The van der Waals surface area contributed by atoms with E-state index >= 15 is 0 Å². The molecule has 0 atom stereocenters. The zero-order chi connectivity index (χ0) is 10.6. The van der Waals surface area contributed by atoms with Crippen molar-refractivity contribution in [2.75, 3.05) is 13.7 Å². The Balaban J connectivity index is 2.42. The van der Waals surface area contributed by atoms with Crippen LogP contribution in [0.4, 0.5) is 0 Å². The van der Waals surface area contributed by atoms with E-state index in [1.165, 1.54) is 7.11 Å². The molecular weight excluding hydrogens is 184 g/mol. The fraction of sp³-hybridized carbons (Fsp3) is 0.556. The van der Waals surface area contributed by atoms with Crippen LogP contribution in [0.2, 0.25) is 0 Å². The van der Waals surface area contributed by atoms with Crippen molar-refractivity contribution in [1.29, 1.82) is 0 Å². The number of nitrogens with one attached hydrogen (secondary N) is 1. The summed E-state index contributed by atoms with van der Waals surface area (Å²) in [4.78, 5) is 10.8. The number of nitrogens with zero attached hydrogens (tertiary/aromatic N) is 1. The highest BCUT2D eigenvalue weighted by molar-refractivity contribution is 5.71. The van der Waals surface area contributed by atoms with E-state index in [1.54, 1.807) is 0 Å². The van der Waals surface area contributed by atoms with Crippen LogP contribution in [0.15, 0.2) is 4.52 Å². The van der Waals surface area contributed by atoms with Crippen molar-refractivity contribution in [3.63, 3.8) is 0 Å². The van der Waals surface area contributed by atoms with Gasteiger partial charge in [-0.25, -0.2) is 0 Å². The van der Waals surface area contributed by atoms with Crippen molar-refractivity contribution < 1.29 is 14.1 Å². The minimum atomic E-state index is -0.281. The number of hydrogen-bond acceptors (Lipinski definition) is 5. The first kappa shape index (κ1) is 10.7. The minimum absolute atomic E-state index is 0.195. The Hall–Kier alpha value is -1.36. The SMILES string of the molecule is COC(=O)CNCc1c(C)noc1C. The van der Waals surface area contributed by atoms with Gasteiger partial charge in [0.2, 0.25) is 0 Å². The molecule has 0 aliphatic rings. The van der Waals surface area contributed by atoms with Crippen LogP contribution in [0.1, 0.15) is 17.0 Å². The molecule has 0 radical (unpaired) electrons. The Morgan fingerprint density at radius 1 is 1.57 bits per heavy atom. The molecular formula is C9H14N2O3. The van der Waals surface area contributed by atoms with Gasteiger partial charge in [-0.2, -0.15) is 0 Å². The monoisotopic (exact) mass is 198 g/mol. The van der Waals surface area contributed by atoms with E-state index in [1.807, 2.05) is 13.8 Å². The van der Waals surface area contributed by atoms with Crippen molar-refractivity contribution in [3.8, 4) is 0 Å². The third-order valence-electron chi connectivity index (χ3n) is 1.98. The van der Waals surface area contributed by atoms with E-state index in [0.717, 1.165) is 17.0 Å². The van der Waals surface area contributed by atoms with E-state index < -0.39 is 0 Å². The maximum atomic E-state index is 10.8. The molecule has 0 aromatic carbocycles. The summed E-state index contributed by atoms with van der Waals surface area (Å²) < 4.78 is 9.46. The van der Waals surface area contributed by atoms with Crippen LogP contribution in [0.5, 0.6) is 0 Å². The van der Waals surface area contributed by atoms with Gasteiger partial charge in [0.1, 0.15) is 5.76 Å². The standard InChI is InChI=1S/C9H14N2O3/c1-6-8(7(2)14-11-6)4-10-5-9(12)13-3/h10H,4-5H2,1-3H3. The van der Waals surface area contributed by atoms with E-state index in [-0.39, 0.29) is 12.5 Å². The van der Waals surface area contributed by atoms with Crippen LogP contribution in [-0.2, 0) is 16.1 Å². The predicted molar refractivity (Wildman–Crippen MR) is 49.7 cm³/mol. The fourth-order valence-electron chi connectivity index (χ4n) is 1.12. The smallest absolute Gasteiger partial charge is 0.319 e. The zero-order valence-electron chi connectivity index (χ0n) is 8.59. The fourth-order valence-corrected chi connectivity index (χ4v) is 1.12. The number of rotatable bonds is 4. The van der Waals surface area contributed by atoms with Gasteiger partial charge in [0.05, 0.1) is 19.3 Å². The molecule has 5 nitrogen and oxygen atoms in total. The number of carbonyl (C=O) groups excluding carboxylic acids is 1. The van der Waals surface area contributed by atoms with Gasteiger partial charge < -0.3 is 14.6 Å². The molecule has 1 N–H and O–H groups in total. The van der Waals surface area contributed by atoms with E-state index in [2.05, 4.69) is 15.2 Å². The van der Waals surface area contributed by atoms with E-state index in [9.17, 15) is 4.79 Å². The average molecular weight is 198 g/mol. The predicted octanol–water partition coefficient (Wildman–Crippen LogP) is 0.554. The number of hydrogen-bond donors (Lipinski definition) is 1. The zero-order valence-corrected chi connectivity index (χ0v) is 8.59. The van der Waals surface area contributed by atoms with Crippen LogP contribution < -0.4 is 5.32 Å². The Morgan fingerprint density at radius 3 is 2.79 bits per heavy atom. The third-order valence-corrected chi connectivity index (χ3v) is 1.98. The highest BCUT2D eigenvalue weighted by Crippen LogP contribution is 2.10. The van der Waals surface area contributed by atoms with Crippen LogP contribution in [0.3, 0.4) is 0 Å². The highest BCUT2D eigenvalue weighted by atomic mass is 16.5. The van der Waals surface area contributed by atoms with Gasteiger partial charge in [-0.15, -0.1) is 0 Å². The Bertz CT molecular complexity index is 300. The number of ether oxygens (including phenoxy) is 1. The quantitative estimate of drug-likeness (QED) is 0.716. The second-order valence-corrected chi connectivity index (χ2v) is 2.98. The summed E-state index contributed by atoms with van der Waals surface area (Å²) in [6.45, 7) is 4.47. The first-order valence-electron chi connectivity index (χ1n) is 4.34. The van der Waals surface area contributed by atoms with Crippen molar-refractivity contribution in [2.24, 2.45) is 0 Å². The summed E-state index contributed by atoms with van der Waals surface area (Å²) >= 11 is 0. The largest absolute Gasteiger partial charge is 0.468 e. The maximum Gasteiger partial charge on any atom is 0.319 e. The van der Waals surface area contributed by atoms with Crippen molar-refractivity contribution in [3.05, 3.63) is 17.0 Å². The van der Waals surface area contributed by atoms with Crippen LogP contribution >= 0.6 is 0 Å². The van der Waals surface area contributed by atoms with Crippen LogP contribution in [0.25, 0.3) is 0 Å². The van der Waals surface area contributed by atoms with Gasteiger partial charge in [0, 0.05) is 12.1 Å². The minimum Gasteiger partial charge on any atom is -0.468 e. The topological polar surface area (TPSA) is 64.4 Å². The number of aryl methyl sites for hydroxylation is 2. The van der Waals surface area contributed by atoms with Crippen molar-refractivity contribution in [1.82, 2.24) is 10.5 Å². The average Bonchev–Trinajstić information content (AvgIpc) is 2.48. The lowest BCUT2D eigenvalue weighted by atomic mass is 10.2. The van der Waals surface area contributed by atoms with E-state index in [0.29, 0.717) is 6.54 Å². The molecule has 0 aliphatic heterocycles. The molecule has 1 rings (SSSR count). The van der Waals surface area contributed by atoms with Crippen LogP contribution in [-0.4, -0.2) is 24.8 Å². The molecule has 14 heavy (non-hydrogen) atoms. The normalized spacial score (nSPS) is 10.2. The summed E-state index contributed by atoms with van der Waals surface area (Å²) in [5.74, 6) is 0.497. The number of esters is 1. The Labute approximate surface area is 82.4 Å². The van der Waals surface area contributed by atoms with Gasteiger partial charge >= 0.3 is 5.97 Å². The molecule has 78 valence electrons. The molecule has 1 aromatic heterocycles. The first-order chi connectivity index (χ1) is 6.65. The number of aromatic nitrogens is 1. The summed E-state index contributed by atoms with van der Waals surface area (Å²) in [6.07, 6.45) is 0. The Kier molecular flexibility index (Phi) is 3.64. The van der Waals surface area contributed by atoms with Gasteiger partial charge in [0.15, 0.2) is 0 Å². The Morgan fingerprint density at radius 2 is 2.29 bits per heavy atom. The molecule has 0 saturated heterocycles.